The average Bonchev–Trinajstić information content (AvgIpc) is 2.54. The summed E-state index contributed by atoms with van der Waals surface area (Å²) in [5, 5.41) is 17.7. The van der Waals surface area contributed by atoms with Crippen LogP contribution in [0.2, 0.25) is 0 Å². The highest BCUT2D eigenvalue weighted by Gasteiger charge is 2.26. The van der Waals surface area contributed by atoms with Crippen LogP contribution in [0.3, 0.4) is 0 Å². The first-order chi connectivity index (χ1) is 11.7. The van der Waals surface area contributed by atoms with E-state index in [4.69, 9.17) is 15.9 Å². The van der Waals surface area contributed by atoms with E-state index in [0.29, 0.717) is 5.56 Å². The molecule has 4 N–H and O–H groups in total. The second-order valence-electron chi connectivity index (χ2n) is 5.40. The number of nitrogens with two attached hydrogens (primary N) is 1. The number of hydrogen-bond donors (Lipinski definition) is 3. The maximum Gasteiger partial charge on any atom is 0.320 e. The van der Waals surface area contributed by atoms with Gasteiger partial charge in [0.15, 0.2) is 0 Å². The van der Waals surface area contributed by atoms with E-state index < -0.39 is 41.2 Å². The zero-order valence-electron chi connectivity index (χ0n) is 13.5. The molecule has 0 aliphatic heterocycles. The average molecular weight is 375 g/mol. The fraction of sp³-hybridized carbons (Fsp3) is 0.467. The van der Waals surface area contributed by atoms with Crippen molar-refractivity contribution in [3.8, 4) is 0 Å². The maximum atomic E-state index is 12.6. The van der Waals surface area contributed by atoms with E-state index in [9.17, 15) is 22.4 Å². The van der Waals surface area contributed by atoms with E-state index in [1.807, 2.05) is 0 Å². The number of hydrogen-bond acceptors (Lipinski definition) is 5. The van der Waals surface area contributed by atoms with E-state index in [2.05, 4.69) is 0 Å². The smallest absolute Gasteiger partial charge is 0.320 e. The Balaban J connectivity index is 2.91. The van der Waals surface area contributed by atoms with Crippen LogP contribution in [0.15, 0.2) is 29.2 Å². The number of aryl methyl sites for hydroxylation is 1. The molecule has 0 heterocycles. The summed E-state index contributed by atoms with van der Waals surface area (Å²) in [6.45, 7) is -1.50. The molecular weight excluding hydrogens is 354 g/mol. The normalized spacial score (nSPS) is 12.9. The summed E-state index contributed by atoms with van der Waals surface area (Å²) in [4.78, 5) is 21.5. The topological polar surface area (TPSA) is 138 Å². The van der Waals surface area contributed by atoms with E-state index in [0.717, 1.165) is 4.31 Å². The SMILES string of the molecule is N[C@@H](CCCN(CC(=O)O)S(=O)(=O)c1ccc(CC[18F])cc1)C(=O)O. The van der Waals surface area contributed by atoms with Gasteiger partial charge < -0.3 is 15.9 Å². The van der Waals surface area contributed by atoms with Crippen molar-refractivity contribution in [2.75, 3.05) is 19.8 Å². The van der Waals surface area contributed by atoms with Gasteiger partial charge in [-0.25, -0.2) is 8.42 Å². The van der Waals surface area contributed by atoms with Gasteiger partial charge in [-0.3, -0.25) is 14.0 Å². The van der Waals surface area contributed by atoms with Gasteiger partial charge in [0.2, 0.25) is 10.0 Å². The van der Waals surface area contributed by atoms with Crippen molar-refractivity contribution in [1.82, 2.24) is 4.31 Å². The van der Waals surface area contributed by atoms with Crippen LogP contribution in [0, 0.1) is 0 Å². The lowest BCUT2D eigenvalue weighted by Gasteiger charge is -2.21. The zero-order valence-corrected chi connectivity index (χ0v) is 14.3. The summed E-state index contributed by atoms with van der Waals surface area (Å²) >= 11 is 0. The van der Waals surface area contributed by atoms with Crippen LogP contribution >= 0.6 is 0 Å². The standard InChI is InChI=1S/C15H21FN2O6S/c16-8-7-11-3-5-12(6-4-11)25(23,24)18(10-14(19)20)9-1-2-13(17)15(21)22/h3-6,13H,1-2,7-10,17H2,(H,19,20)(H,21,22)/t13-/m0/s1/i16-1. The number of carboxylic acids is 2. The van der Waals surface area contributed by atoms with Crippen molar-refractivity contribution in [1.29, 1.82) is 0 Å². The Morgan fingerprint density at radius 3 is 2.28 bits per heavy atom. The van der Waals surface area contributed by atoms with Gasteiger partial charge >= 0.3 is 11.9 Å². The Kier molecular flexibility index (Phi) is 7.94. The molecule has 1 rings (SSSR count). The van der Waals surface area contributed by atoms with Crippen LogP contribution in [0.5, 0.6) is 0 Å². The molecule has 0 aromatic heterocycles. The molecule has 0 amide bonds. The molecule has 10 heteroatoms. The molecule has 0 aliphatic rings. The largest absolute Gasteiger partial charge is 0.480 e. The van der Waals surface area contributed by atoms with Crippen molar-refractivity contribution in [3.05, 3.63) is 29.8 Å². The zero-order chi connectivity index (χ0) is 19.0. The van der Waals surface area contributed by atoms with Gasteiger partial charge in [0.25, 0.3) is 0 Å². The van der Waals surface area contributed by atoms with Gasteiger partial charge in [0.1, 0.15) is 12.6 Å². The molecule has 1 aromatic rings. The van der Waals surface area contributed by atoms with Crippen LogP contribution in [0.1, 0.15) is 18.4 Å². The van der Waals surface area contributed by atoms with Crippen LogP contribution in [0.25, 0.3) is 0 Å². The molecule has 1 aromatic carbocycles. The molecule has 0 bridgehead atoms. The first-order valence-electron chi connectivity index (χ1n) is 7.53. The van der Waals surface area contributed by atoms with Gasteiger partial charge in [0, 0.05) is 13.0 Å². The van der Waals surface area contributed by atoms with Crippen LogP contribution in [-0.2, 0) is 26.0 Å². The lowest BCUT2D eigenvalue weighted by molar-refractivity contribution is -0.139. The predicted molar refractivity (Wildman–Crippen MR) is 87.4 cm³/mol. The van der Waals surface area contributed by atoms with Crippen molar-refractivity contribution in [2.45, 2.75) is 30.2 Å². The first kappa shape index (κ1) is 21.0. The van der Waals surface area contributed by atoms with Crippen LogP contribution < -0.4 is 5.73 Å². The molecule has 0 unspecified atom stereocenters. The third-order valence-corrected chi connectivity index (χ3v) is 5.36. The van der Waals surface area contributed by atoms with E-state index in [1.165, 1.54) is 24.3 Å². The van der Waals surface area contributed by atoms with Gasteiger partial charge in [-0.05, 0) is 30.5 Å². The van der Waals surface area contributed by atoms with Gasteiger partial charge in [-0.1, -0.05) is 12.1 Å². The number of rotatable bonds is 11. The second-order valence-corrected chi connectivity index (χ2v) is 7.34. The number of benzene rings is 1. The summed E-state index contributed by atoms with van der Waals surface area (Å²) in [6, 6.07) is 4.36. The van der Waals surface area contributed by atoms with Crippen LogP contribution in [-0.4, -0.2) is 60.7 Å². The van der Waals surface area contributed by atoms with E-state index in [-0.39, 0.29) is 30.7 Å². The predicted octanol–water partition coefficient (Wildman–Crippen LogP) is 0.466. The minimum atomic E-state index is -4.08. The van der Waals surface area contributed by atoms with Crippen LogP contribution in [0.4, 0.5) is 4.39 Å². The van der Waals surface area contributed by atoms with Crippen molar-refractivity contribution in [3.63, 3.8) is 0 Å². The molecule has 1 atom stereocenters. The van der Waals surface area contributed by atoms with Crippen molar-refractivity contribution in [2.24, 2.45) is 5.73 Å². The molecule has 0 saturated carbocycles. The summed E-state index contributed by atoms with van der Waals surface area (Å²) in [5.74, 6) is -2.55. The number of aliphatic carboxylic acids is 2. The number of alkyl halides is 1. The Labute approximate surface area is 145 Å². The lowest BCUT2D eigenvalue weighted by Crippen LogP contribution is -2.37. The first-order valence-corrected chi connectivity index (χ1v) is 8.97. The quantitative estimate of drug-likeness (QED) is 0.511. The fourth-order valence-electron chi connectivity index (χ4n) is 2.13. The number of nitrogens with zero attached hydrogens (tertiary/aromatic N) is 1. The second kappa shape index (κ2) is 9.44. The Hall–Kier alpha value is -2.04. The minimum Gasteiger partial charge on any atom is -0.480 e. The fourth-order valence-corrected chi connectivity index (χ4v) is 3.56. The molecule has 0 aliphatic carbocycles. The molecule has 8 nitrogen and oxygen atoms in total. The molecule has 0 spiro atoms. The van der Waals surface area contributed by atoms with Crippen molar-refractivity contribution < 1.29 is 32.6 Å². The lowest BCUT2D eigenvalue weighted by atomic mass is 10.2. The van der Waals surface area contributed by atoms with Crippen molar-refractivity contribution >= 4 is 22.0 Å². The Morgan fingerprint density at radius 1 is 1.20 bits per heavy atom. The third-order valence-electron chi connectivity index (χ3n) is 3.50. The third kappa shape index (κ3) is 6.40. The summed E-state index contributed by atoms with van der Waals surface area (Å²) in [6.07, 6.45) is 0.266. The molecule has 0 saturated heterocycles. The Morgan fingerprint density at radius 2 is 1.80 bits per heavy atom. The molecule has 25 heavy (non-hydrogen) atoms. The highest BCUT2D eigenvalue weighted by molar-refractivity contribution is 7.89. The van der Waals surface area contributed by atoms with E-state index >= 15 is 0 Å². The molecule has 0 fully saturated rings. The van der Waals surface area contributed by atoms with Gasteiger partial charge in [0.05, 0.1) is 11.6 Å². The molecular formula is C15H21FN2O6S. The molecule has 0 radical (unpaired) electrons. The Bertz CT molecular complexity index is 692. The summed E-state index contributed by atoms with van der Waals surface area (Å²) < 4.78 is 38.2. The highest BCUT2D eigenvalue weighted by Crippen LogP contribution is 2.17. The van der Waals surface area contributed by atoms with E-state index in [1.54, 1.807) is 0 Å². The monoisotopic (exact) mass is 375 g/mol. The minimum absolute atomic E-state index is 0.0103. The summed E-state index contributed by atoms with van der Waals surface area (Å²) in [7, 11) is -4.08. The number of halogens is 1. The highest BCUT2D eigenvalue weighted by atomic mass is 32.2. The maximum absolute atomic E-state index is 12.6. The van der Waals surface area contributed by atoms with Gasteiger partial charge in [-0.15, -0.1) is 0 Å². The summed E-state index contributed by atoms with van der Waals surface area (Å²) in [5.41, 5.74) is 5.98. The molecule has 140 valence electrons. The number of sulfonamides is 1. The number of carboxylic acid groups (broad SMARTS) is 2. The number of carbonyl (C=O) groups is 2. The van der Waals surface area contributed by atoms with Gasteiger partial charge in [-0.2, -0.15) is 4.31 Å².